The molecule has 1 aliphatic heterocycles. The predicted octanol–water partition coefficient (Wildman–Crippen LogP) is 0.603. The summed E-state index contributed by atoms with van der Waals surface area (Å²) < 4.78 is 11.2. The lowest BCUT2D eigenvalue weighted by molar-refractivity contribution is -0.0989. The minimum absolute atomic E-state index is 0.167. The fourth-order valence-electron chi connectivity index (χ4n) is 2.91. The molecule has 3 atom stereocenters. The Bertz CT molecular complexity index is 207. The van der Waals surface area contributed by atoms with Crippen molar-refractivity contribution in [1.29, 1.82) is 0 Å². The van der Waals surface area contributed by atoms with Gasteiger partial charge in [0.25, 0.3) is 0 Å². The van der Waals surface area contributed by atoms with E-state index in [0.29, 0.717) is 18.7 Å². The second-order valence-electron chi connectivity index (χ2n) is 4.85. The van der Waals surface area contributed by atoms with Crippen molar-refractivity contribution in [2.75, 3.05) is 33.4 Å². The fourth-order valence-corrected chi connectivity index (χ4v) is 2.91. The molecule has 4 nitrogen and oxygen atoms in total. The lowest BCUT2D eigenvalue weighted by atomic mass is 9.90. The number of fused-ring (bicyclic) bond motifs is 1. The van der Waals surface area contributed by atoms with Gasteiger partial charge in [-0.1, -0.05) is 12.8 Å². The molecule has 0 spiro atoms. The van der Waals surface area contributed by atoms with Crippen LogP contribution in [0.5, 0.6) is 0 Å². The molecule has 0 radical (unpaired) electrons. The molecule has 2 fully saturated rings. The van der Waals surface area contributed by atoms with E-state index >= 15 is 0 Å². The van der Waals surface area contributed by atoms with Gasteiger partial charge in [0.15, 0.2) is 0 Å². The Morgan fingerprint density at radius 2 is 2.25 bits per heavy atom. The Balaban J connectivity index is 1.91. The molecule has 0 aromatic heterocycles. The molecule has 94 valence electrons. The fraction of sp³-hybridized carbons (Fsp3) is 1.00. The molecule has 0 amide bonds. The van der Waals surface area contributed by atoms with Crippen LogP contribution in [0.4, 0.5) is 0 Å². The summed E-state index contributed by atoms with van der Waals surface area (Å²) in [5, 5.41) is 0. The van der Waals surface area contributed by atoms with E-state index in [1.165, 1.54) is 25.7 Å². The van der Waals surface area contributed by atoms with Gasteiger partial charge < -0.3 is 15.2 Å². The topological polar surface area (TPSA) is 47.7 Å². The van der Waals surface area contributed by atoms with Crippen molar-refractivity contribution in [3.05, 3.63) is 0 Å². The van der Waals surface area contributed by atoms with Crippen LogP contribution >= 0.6 is 0 Å². The van der Waals surface area contributed by atoms with Crippen LogP contribution in [0.25, 0.3) is 0 Å². The molecule has 2 rings (SSSR count). The highest BCUT2D eigenvalue weighted by Gasteiger charge is 2.34. The summed E-state index contributed by atoms with van der Waals surface area (Å²) in [4.78, 5) is 2.52. The molecule has 0 aromatic rings. The number of morpholine rings is 1. The third kappa shape index (κ3) is 2.74. The highest BCUT2D eigenvalue weighted by atomic mass is 16.5. The van der Waals surface area contributed by atoms with Crippen molar-refractivity contribution < 1.29 is 9.47 Å². The first-order valence-corrected chi connectivity index (χ1v) is 6.43. The average Bonchev–Trinajstić information content (AvgIpc) is 2.36. The Morgan fingerprint density at radius 3 is 3.00 bits per heavy atom. The number of hydrogen-bond donors (Lipinski definition) is 1. The van der Waals surface area contributed by atoms with E-state index in [1.807, 2.05) is 0 Å². The van der Waals surface area contributed by atoms with Gasteiger partial charge in [-0.25, -0.2) is 0 Å². The van der Waals surface area contributed by atoms with Crippen LogP contribution in [0, 0.1) is 0 Å². The Hall–Kier alpha value is -0.160. The predicted molar refractivity (Wildman–Crippen MR) is 63.4 cm³/mol. The summed E-state index contributed by atoms with van der Waals surface area (Å²) >= 11 is 0. The molecule has 16 heavy (non-hydrogen) atoms. The van der Waals surface area contributed by atoms with Gasteiger partial charge in [-0.05, 0) is 12.8 Å². The first-order chi connectivity index (χ1) is 7.85. The van der Waals surface area contributed by atoms with Crippen LogP contribution in [0.2, 0.25) is 0 Å². The van der Waals surface area contributed by atoms with Crippen LogP contribution in [0.1, 0.15) is 25.7 Å². The highest BCUT2D eigenvalue weighted by molar-refractivity contribution is 4.88. The molecule has 1 saturated carbocycles. The van der Waals surface area contributed by atoms with Crippen LogP contribution in [0.15, 0.2) is 0 Å². The Kier molecular flexibility index (Phi) is 4.58. The van der Waals surface area contributed by atoms with Crippen LogP contribution in [-0.2, 0) is 9.47 Å². The molecule has 2 N–H and O–H groups in total. The standard InChI is InChI=1S/C12H24N2O2/c1-15-10(8-13)9-14-6-7-16-12-5-3-2-4-11(12)14/h10-12H,2-9,13H2,1H3. The number of nitrogens with two attached hydrogens (primary N) is 1. The maximum Gasteiger partial charge on any atom is 0.0820 e. The molecule has 1 saturated heterocycles. The van der Waals surface area contributed by atoms with Gasteiger partial charge in [0.1, 0.15) is 0 Å². The average molecular weight is 228 g/mol. The summed E-state index contributed by atoms with van der Waals surface area (Å²) in [7, 11) is 1.75. The number of methoxy groups -OCH3 is 1. The lowest BCUT2D eigenvalue weighted by Crippen LogP contribution is -2.55. The van der Waals surface area contributed by atoms with E-state index in [1.54, 1.807) is 7.11 Å². The Labute approximate surface area is 98.1 Å². The zero-order valence-electron chi connectivity index (χ0n) is 10.2. The highest BCUT2D eigenvalue weighted by Crippen LogP contribution is 2.28. The maximum absolute atomic E-state index is 5.85. The minimum Gasteiger partial charge on any atom is -0.379 e. The van der Waals surface area contributed by atoms with Gasteiger partial charge in [-0.15, -0.1) is 0 Å². The smallest absolute Gasteiger partial charge is 0.0820 e. The normalized spacial score (nSPS) is 33.4. The molecular weight excluding hydrogens is 204 g/mol. The van der Waals surface area contributed by atoms with Crippen LogP contribution < -0.4 is 5.73 Å². The molecule has 1 heterocycles. The minimum atomic E-state index is 0.167. The van der Waals surface area contributed by atoms with Crippen molar-refractivity contribution >= 4 is 0 Å². The van der Waals surface area contributed by atoms with Crippen LogP contribution in [0.3, 0.4) is 0 Å². The van der Waals surface area contributed by atoms with Crippen molar-refractivity contribution in [1.82, 2.24) is 4.90 Å². The van der Waals surface area contributed by atoms with E-state index in [0.717, 1.165) is 19.7 Å². The second kappa shape index (κ2) is 5.96. The van der Waals surface area contributed by atoms with E-state index in [9.17, 15) is 0 Å². The molecule has 0 bridgehead atoms. The monoisotopic (exact) mass is 228 g/mol. The lowest BCUT2D eigenvalue weighted by Gasteiger charge is -2.44. The van der Waals surface area contributed by atoms with Gasteiger partial charge in [-0.2, -0.15) is 0 Å². The zero-order chi connectivity index (χ0) is 11.4. The number of rotatable bonds is 4. The van der Waals surface area contributed by atoms with Crippen LogP contribution in [-0.4, -0.2) is 56.5 Å². The SMILES string of the molecule is COC(CN)CN1CCOC2CCCCC21. The molecule has 3 unspecified atom stereocenters. The van der Waals surface area contributed by atoms with E-state index in [-0.39, 0.29) is 6.10 Å². The van der Waals surface area contributed by atoms with Gasteiger partial charge in [-0.3, -0.25) is 4.90 Å². The van der Waals surface area contributed by atoms with E-state index in [2.05, 4.69) is 4.90 Å². The van der Waals surface area contributed by atoms with Crippen molar-refractivity contribution in [2.45, 2.75) is 43.9 Å². The van der Waals surface area contributed by atoms with Gasteiger partial charge >= 0.3 is 0 Å². The Morgan fingerprint density at radius 1 is 1.44 bits per heavy atom. The number of hydrogen-bond acceptors (Lipinski definition) is 4. The number of nitrogens with zero attached hydrogens (tertiary/aromatic N) is 1. The summed E-state index contributed by atoms with van der Waals surface area (Å²) in [5.74, 6) is 0. The summed E-state index contributed by atoms with van der Waals surface area (Å²) in [6.45, 7) is 3.45. The third-order valence-corrected chi connectivity index (χ3v) is 3.88. The first-order valence-electron chi connectivity index (χ1n) is 6.43. The summed E-state index contributed by atoms with van der Waals surface area (Å²) in [6, 6.07) is 0.603. The van der Waals surface area contributed by atoms with Gasteiger partial charge in [0.05, 0.1) is 18.8 Å². The van der Waals surface area contributed by atoms with Crippen molar-refractivity contribution in [2.24, 2.45) is 5.73 Å². The third-order valence-electron chi connectivity index (χ3n) is 3.88. The van der Waals surface area contributed by atoms with E-state index in [4.69, 9.17) is 15.2 Å². The quantitative estimate of drug-likeness (QED) is 0.765. The molecule has 1 aliphatic carbocycles. The van der Waals surface area contributed by atoms with E-state index < -0.39 is 0 Å². The van der Waals surface area contributed by atoms with Gasteiger partial charge in [0.2, 0.25) is 0 Å². The summed E-state index contributed by atoms with van der Waals surface area (Å²) in [5.41, 5.74) is 5.69. The molecular formula is C12H24N2O2. The number of ether oxygens (including phenoxy) is 2. The molecule has 4 heteroatoms. The van der Waals surface area contributed by atoms with Gasteiger partial charge in [0, 0.05) is 32.8 Å². The largest absolute Gasteiger partial charge is 0.379 e. The van der Waals surface area contributed by atoms with Crippen molar-refractivity contribution in [3.63, 3.8) is 0 Å². The second-order valence-corrected chi connectivity index (χ2v) is 4.85. The first kappa shape index (κ1) is 12.3. The zero-order valence-corrected chi connectivity index (χ0v) is 10.2. The molecule has 2 aliphatic rings. The molecule has 0 aromatic carbocycles. The maximum atomic E-state index is 5.85. The summed E-state index contributed by atoms with van der Waals surface area (Å²) in [6.07, 6.45) is 5.77. The van der Waals surface area contributed by atoms with Crippen molar-refractivity contribution in [3.8, 4) is 0 Å².